The van der Waals surface area contributed by atoms with Crippen molar-refractivity contribution in [2.45, 2.75) is 78.2 Å². The molecule has 0 spiro atoms. The van der Waals surface area contributed by atoms with Crippen LogP contribution < -0.4 is 5.32 Å². The standard InChI is InChI=1S/C18H36N2/c1-4-11-18(3,14-19-17-8-9-17)15-20-12-6-7-16(5-2)10-13-20/h16-17,19H,4-15H2,1-3H3. The van der Waals surface area contributed by atoms with Crippen LogP contribution in [0, 0.1) is 11.3 Å². The molecule has 2 fully saturated rings. The summed E-state index contributed by atoms with van der Waals surface area (Å²) in [4.78, 5) is 2.76. The van der Waals surface area contributed by atoms with E-state index in [1.54, 1.807) is 0 Å². The number of nitrogens with one attached hydrogen (secondary N) is 1. The van der Waals surface area contributed by atoms with Gasteiger partial charge in [0.2, 0.25) is 0 Å². The van der Waals surface area contributed by atoms with E-state index in [1.807, 2.05) is 0 Å². The third-order valence-corrected chi connectivity index (χ3v) is 5.37. The smallest absolute Gasteiger partial charge is 0.00684 e. The molecule has 0 aromatic carbocycles. The van der Waals surface area contributed by atoms with Crippen LogP contribution in [0.25, 0.3) is 0 Å². The Morgan fingerprint density at radius 3 is 2.55 bits per heavy atom. The number of rotatable bonds is 8. The van der Waals surface area contributed by atoms with Gasteiger partial charge in [-0.05, 0) is 62.9 Å². The summed E-state index contributed by atoms with van der Waals surface area (Å²) < 4.78 is 0. The van der Waals surface area contributed by atoms with Gasteiger partial charge < -0.3 is 10.2 Å². The first-order valence-electron chi connectivity index (χ1n) is 9.11. The molecule has 1 aliphatic carbocycles. The SMILES string of the molecule is CCCC(C)(CNC1CC1)CN1CCCC(CC)CC1. The zero-order valence-electron chi connectivity index (χ0n) is 14.1. The number of nitrogens with zero attached hydrogens (tertiary/aromatic N) is 1. The lowest BCUT2D eigenvalue weighted by Gasteiger charge is -2.35. The summed E-state index contributed by atoms with van der Waals surface area (Å²) >= 11 is 0. The number of hydrogen-bond donors (Lipinski definition) is 1. The highest BCUT2D eigenvalue weighted by atomic mass is 15.1. The van der Waals surface area contributed by atoms with Crippen molar-refractivity contribution in [3.05, 3.63) is 0 Å². The molecule has 2 unspecified atom stereocenters. The Kier molecular flexibility index (Phi) is 6.35. The monoisotopic (exact) mass is 280 g/mol. The molecular formula is C18H36N2. The van der Waals surface area contributed by atoms with Gasteiger partial charge in [0, 0.05) is 19.1 Å². The fourth-order valence-corrected chi connectivity index (χ4v) is 3.84. The second-order valence-electron chi connectivity index (χ2n) is 7.70. The Labute approximate surface area is 126 Å². The van der Waals surface area contributed by atoms with Crippen LogP contribution in [-0.4, -0.2) is 37.1 Å². The van der Waals surface area contributed by atoms with E-state index in [0.29, 0.717) is 5.41 Å². The van der Waals surface area contributed by atoms with Crippen molar-refractivity contribution < 1.29 is 0 Å². The van der Waals surface area contributed by atoms with Crippen LogP contribution in [0.4, 0.5) is 0 Å². The molecule has 0 amide bonds. The molecule has 2 aliphatic rings. The van der Waals surface area contributed by atoms with Gasteiger partial charge in [-0.1, -0.05) is 33.6 Å². The fourth-order valence-electron chi connectivity index (χ4n) is 3.84. The maximum atomic E-state index is 3.78. The van der Waals surface area contributed by atoms with Gasteiger partial charge in [0.1, 0.15) is 0 Å². The van der Waals surface area contributed by atoms with Crippen molar-refractivity contribution in [1.29, 1.82) is 0 Å². The van der Waals surface area contributed by atoms with Crippen LogP contribution in [0.2, 0.25) is 0 Å². The van der Waals surface area contributed by atoms with E-state index in [0.717, 1.165) is 12.0 Å². The summed E-state index contributed by atoms with van der Waals surface area (Å²) in [6.07, 6.45) is 11.2. The van der Waals surface area contributed by atoms with Crippen LogP contribution in [0.3, 0.4) is 0 Å². The van der Waals surface area contributed by atoms with Crippen LogP contribution in [0.15, 0.2) is 0 Å². The molecule has 2 rings (SSSR count). The van der Waals surface area contributed by atoms with Gasteiger partial charge in [-0.15, -0.1) is 0 Å². The zero-order valence-corrected chi connectivity index (χ0v) is 14.1. The van der Waals surface area contributed by atoms with E-state index in [1.165, 1.54) is 77.5 Å². The Balaban J connectivity index is 1.82. The van der Waals surface area contributed by atoms with Crippen LogP contribution in [0.5, 0.6) is 0 Å². The van der Waals surface area contributed by atoms with Gasteiger partial charge in [0.15, 0.2) is 0 Å². The summed E-state index contributed by atoms with van der Waals surface area (Å²) in [7, 11) is 0. The fraction of sp³-hybridized carbons (Fsp3) is 1.00. The molecule has 0 bridgehead atoms. The quantitative estimate of drug-likeness (QED) is 0.721. The minimum absolute atomic E-state index is 0.476. The first-order chi connectivity index (χ1) is 9.65. The van der Waals surface area contributed by atoms with E-state index in [4.69, 9.17) is 0 Å². The van der Waals surface area contributed by atoms with Gasteiger partial charge in [0.05, 0.1) is 0 Å². The largest absolute Gasteiger partial charge is 0.313 e. The molecule has 0 radical (unpaired) electrons. The Hall–Kier alpha value is -0.0800. The number of likely N-dealkylation sites (tertiary alicyclic amines) is 1. The van der Waals surface area contributed by atoms with E-state index < -0.39 is 0 Å². The molecule has 2 heteroatoms. The van der Waals surface area contributed by atoms with E-state index >= 15 is 0 Å². The normalized spacial score (nSPS) is 28.1. The van der Waals surface area contributed by atoms with E-state index in [2.05, 4.69) is 31.0 Å². The van der Waals surface area contributed by atoms with Gasteiger partial charge >= 0.3 is 0 Å². The molecule has 2 nitrogen and oxygen atoms in total. The average Bonchev–Trinajstić information content (AvgIpc) is 3.24. The van der Waals surface area contributed by atoms with Crippen molar-refractivity contribution in [2.24, 2.45) is 11.3 Å². The van der Waals surface area contributed by atoms with Gasteiger partial charge in [-0.2, -0.15) is 0 Å². The van der Waals surface area contributed by atoms with Crippen LogP contribution in [0.1, 0.15) is 72.1 Å². The molecule has 20 heavy (non-hydrogen) atoms. The van der Waals surface area contributed by atoms with Crippen LogP contribution in [-0.2, 0) is 0 Å². The van der Waals surface area contributed by atoms with Crippen molar-refractivity contribution in [1.82, 2.24) is 10.2 Å². The van der Waals surface area contributed by atoms with Crippen LogP contribution >= 0.6 is 0 Å². The minimum Gasteiger partial charge on any atom is -0.313 e. The summed E-state index contributed by atoms with van der Waals surface area (Å²) in [6, 6.07) is 0.847. The molecule has 1 heterocycles. The topological polar surface area (TPSA) is 15.3 Å². The van der Waals surface area contributed by atoms with Crippen molar-refractivity contribution in [3.63, 3.8) is 0 Å². The van der Waals surface area contributed by atoms with Gasteiger partial charge in [0.25, 0.3) is 0 Å². The molecule has 0 aromatic rings. The lowest BCUT2D eigenvalue weighted by atomic mass is 9.84. The zero-order chi connectivity index (χ0) is 14.4. The molecule has 1 aliphatic heterocycles. The maximum absolute atomic E-state index is 3.78. The molecular weight excluding hydrogens is 244 g/mol. The highest BCUT2D eigenvalue weighted by Crippen LogP contribution is 2.29. The lowest BCUT2D eigenvalue weighted by Crippen LogP contribution is -2.43. The van der Waals surface area contributed by atoms with Crippen molar-refractivity contribution in [3.8, 4) is 0 Å². The minimum atomic E-state index is 0.476. The predicted molar refractivity (Wildman–Crippen MR) is 88.1 cm³/mol. The highest BCUT2D eigenvalue weighted by molar-refractivity contribution is 4.87. The Morgan fingerprint density at radius 2 is 1.90 bits per heavy atom. The first kappa shape index (κ1) is 16.3. The molecule has 1 saturated carbocycles. The second kappa shape index (κ2) is 7.79. The molecule has 118 valence electrons. The summed E-state index contributed by atoms with van der Waals surface area (Å²) in [5.74, 6) is 0.988. The van der Waals surface area contributed by atoms with Gasteiger partial charge in [-0.25, -0.2) is 0 Å². The molecule has 0 aromatic heterocycles. The Bertz CT molecular complexity index is 275. The maximum Gasteiger partial charge on any atom is 0.00684 e. The summed E-state index contributed by atoms with van der Waals surface area (Å²) in [5, 5.41) is 3.78. The summed E-state index contributed by atoms with van der Waals surface area (Å²) in [6.45, 7) is 12.4. The second-order valence-corrected chi connectivity index (χ2v) is 7.70. The van der Waals surface area contributed by atoms with Crippen molar-refractivity contribution in [2.75, 3.05) is 26.2 Å². The Morgan fingerprint density at radius 1 is 1.10 bits per heavy atom. The average molecular weight is 280 g/mol. The van der Waals surface area contributed by atoms with Crippen molar-refractivity contribution >= 4 is 0 Å². The van der Waals surface area contributed by atoms with E-state index in [-0.39, 0.29) is 0 Å². The number of hydrogen-bond acceptors (Lipinski definition) is 2. The first-order valence-corrected chi connectivity index (χ1v) is 9.11. The molecule has 2 atom stereocenters. The van der Waals surface area contributed by atoms with Gasteiger partial charge in [-0.3, -0.25) is 0 Å². The highest BCUT2D eigenvalue weighted by Gasteiger charge is 2.30. The summed E-state index contributed by atoms with van der Waals surface area (Å²) in [5.41, 5.74) is 0.476. The molecule has 1 N–H and O–H groups in total. The molecule has 1 saturated heterocycles. The third-order valence-electron chi connectivity index (χ3n) is 5.37. The predicted octanol–water partition coefficient (Wildman–Crippen LogP) is 4.06. The lowest BCUT2D eigenvalue weighted by molar-refractivity contribution is 0.151. The third kappa shape index (κ3) is 5.37. The van der Waals surface area contributed by atoms with E-state index in [9.17, 15) is 0 Å².